The van der Waals surface area contributed by atoms with Crippen LogP contribution in [0.2, 0.25) is 0 Å². The van der Waals surface area contributed by atoms with Gasteiger partial charge in [-0.25, -0.2) is 0 Å². The van der Waals surface area contributed by atoms with E-state index in [9.17, 15) is 9.59 Å². The summed E-state index contributed by atoms with van der Waals surface area (Å²) < 4.78 is 5.83. The zero-order chi connectivity index (χ0) is 29.4. The van der Waals surface area contributed by atoms with Crippen LogP contribution in [0.15, 0.2) is 36.5 Å². The second kappa shape index (κ2) is 31.7. The summed E-state index contributed by atoms with van der Waals surface area (Å²) in [6, 6.07) is 0. The van der Waals surface area contributed by atoms with Crippen LogP contribution >= 0.6 is 0 Å². The van der Waals surface area contributed by atoms with E-state index in [1.165, 1.54) is 83.5 Å². The van der Waals surface area contributed by atoms with Crippen molar-refractivity contribution in [2.75, 3.05) is 0 Å². The quantitative estimate of drug-likeness (QED) is 0.0539. The maximum atomic E-state index is 12.4. The van der Waals surface area contributed by atoms with Crippen molar-refractivity contribution >= 4 is 11.9 Å². The van der Waals surface area contributed by atoms with Crippen molar-refractivity contribution < 1.29 is 19.4 Å². The van der Waals surface area contributed by atoms with Crippen LogP contribution in [0.3, 0.4) is 0 Å². The molecule has 0 aromatic rings. The van der Waals surface area contributed by atoms with Crippen molar-refractivity contribution in [1.29, 1.82) is 0 Å². The Hall–Kier alpha value is -1.84. The minimum atomic E-state index is -0.747. The highest BCUT2D eigenvalue weighted by atomic mass is 16.5. The molecule has 0 bridgehead atoms. The van der Waals surface area contributed by atoms with E-state index in [-0.39, 0.29) is 18.5 Å². The van der Waals surface area contributed by atoms with Crippen LogP contribution in [0.1, 0.15) is 174 Å². The van der Waals surface area contributed by atoms with Gasteiger partial charge in [0.05, 0.1) is 0 Å². The number of ether oxygens (including phenoxy) is 1. The fourth-order valence-corrected chi connectivity index (χ4v) is 4.90. The molecule has 0 rings (SSSR count). The molecule has 4 nitrogen and oxygen atoms in total. The first kappa shape index (κ1) is 38.2. The Balaban J connectivity index is 3.76. The van der Waals surface area contributed by atoms with Gasteiger partial charge in [-0.15, -0.1) is 0 Å². The first-order chi connectivity index (χ1) is 19.6. The highest BCUT2D eigenvalue weighted by Crippen LogP contribution is 2.18. The number of esters is 1. The molecule has 0 aromatic heterocycles. The maximum absolute atomic E-state index is 12.4. The predicted octanol–water partition coefficient (Wildman–Crippen LogP) is 11.4. The fraction of sp³-hybridized carbons (Fsp3) is 0.778. The van der Waals surface area contributed by atoms with Crippen LogP contribution in [0.25, 0.3) is 0 Å². The summed E-state index contributed by atoms with van der Waals surface area (Å²) in [5.41, 5.74) is 0. The number of allylic oxidation sites excluding steroid dienone is 6. The van der Waals surface area contributed by atoms with Gasteiger partial charge in [0.15, 0.2) is 0 Å². The molecule has 0 amide bonds. The van der Waals surface area contributed by atoms with Gasteiger partial charge in [-0.3, -0.25) is 9.59 Å². The highest BCUT2D eigenvalue weighted by molar-refractivity contribution is 5.69. The standard InChI is InChI=1S/C36H64O4/c1-3-5-7-9-11-12-13-14-15-16-17-18-19-20-21-22-23-25-27-33-36(39)40-34(31-28-29-32-35(37)38)30-26-24-10-8-6-4-2/h5,7,11-12,14-15,34H,3-4,6,8-10,13,16-33H2,1-2H3,(H,37,38)/b7-5-,12-11-,15-14-. The van der Waals surface area contributed by atoms with Gasteiger partial charge in [0, 0.05) is 12.8 Å². The third kappa shape index (κ3) is 30.7. The van der Waals surface area contributed by atoms with E-state index in [0.717, 1.165) is 57.8 Å². The summed E-state index contributed by atoms with van der Waals surface area (Å²) in [6.07, 6.45) is 40.2. The van der Waals surface area contributed by atoms with Crippen molar-refractivity contribution in [2.45, 2.75) is 180 Å². The van der Waals surface area contributed by atoms with Crippen molar-refractivity contribution in [3.63, 3.8) is 0 Å². The van der Waals surface area contributed by atoms with Crippen molar-refractivity contribution in [3.8, 4) is 0 Å². The van der Waals surface area contributed by atoms with Crippen molar-refractivity contribution in [3.05, 3.63) is 36.5 Å². The average molecular weight is 561 g/mol. The molecule has 1 unspecified atom stereocenters. The maximum Gasteiger partial charge on any atom is 0.306 e. The number of carbonyl (C=O) groups excluding carboxylic acids is 1. The molecular weight excluding hydrogens is 496 g/mol. The lowest BCUT2D eigenvalue weighted by Crippen LogP contribution is -2.18. The number of aliphatic carboxylic acids is 1. The molecular formula is C36H64O4. The van der Waals surface area contributed by atoms with Crippen molar-refractivity contribution in [2.24, 2.45) is 0 Å². The Morgan fingerprint density at radius 3 is 1.65 bits per heavy atom. The molecule has 4 heteroatoms. The Bertz CT molecular complexity index is 649. The third-order valence-corrected chi connectivity index (χ3v) is 7.38. The predicted molar refractivity (Wildman–Crippen MR) is 172 cm³/mol. The zero-order valence-corrected chi connectivity index (χ0v) is 26.4. The lowest BCUT2D eigenvalue weighted by atomic mass is 10.0. The molecule has 0 aliphatic heterocycles. The van der Waals surface area contributed by atoms with E-state index in [2.05, 4.69) is 50.3 Å². The van der Waals surface area contributed by atoms with Crippen LogP contribution in [-0.4, -0.2) is 23.1 Å². The van der Waals surface area contributed by atoms with Gasteiger partial charge in [-0.1, -0.05) is 127 Å². The number of hydrogen-bond donors (Lipinski definition) is 1. The summed E-state index contributed by atoms with van der Waals surface area (Å²) in [6.45, 7) is 4.39. The molecule has 40 heavy (non-hydrogen) atoms. The minimum Gasteiger partial charge on any atom is -0.481 e. The van der Waals surface area contributed by atoms with Crippen LogP contribution in [0.5, 0.6) is 0 Å². The third-order valence-electron chi connectivity index (χ3n) is 7.38. The number of hydrogen-bond acceptors (Lipinski definition) is 3. The summed E-state index contributed by atoms with van der Waals surface area (Å²) >= 11 is 0. The molecule has 1 atom stereocenters. The van der Waals surface area contributed by atoms with Crippen molar-refractivity contribution in [1.82, 2.24) is 0 Å². The second-order valence-electron chi connectivity index (χ2n) is 11.3. The average Bonchev–Trinajstić information content (AvgIpc) is 2.93. The Morgan fingerprint density at radius 2 is 1.05 bits per heavy atom. The van der Waals surface area contributed by atoms with Crippen LogP contribution in [0.4, 0.5) is 0 Å². The van der Waals surface area contributed by atoms with E-state index >= 15 is 0 Å². The van der Waals surface area contributed by atoms with Crippen LogP contribution < -0.4 is 0 Å². The molecule has 0 aliphatic carbocycles. The summed E-state index contributed by atoms with van der Waals surface area (Å²) in [7, 11) is 0. The van der Waals surface area contributed by atoms with Gasteiger partial charge in [0.2, 0.25) is 0 Å². The summed E-state index contributed by atoms with van der Waals surface area (Å²) in [4.78, 5) is 23.2. The highest BCUT2D eigenvalue weighted by Gasteiger charge is 2.14. The van der Waals surface area contributed by atoms with E-state index in [1.807, 2.05) is 0 Å². The largest absolute Gasteiger partial charge is 0.481 e. The van der Waals surface area contributed by atoms with Gasteiger partial charge in [0.1, 0.15) is 6.10 Å². The monoisotopic (exact) mass is 560 g/mol. The second-order valence-corrected chi connectivity index (χ2v) is 11.3. The Labute approximate surface area is 248 Å². The topological polar surface area (TPSA) is 63.6 Å². The molecule has 0 saturated heterocycles. The van der Waals surface area contributed by atoms with E-state index in [1.54, 1.807) is 0 Å². The normalized spacial score (nSPS) is 12.7. The first-order valence-electron chi connectivity index (χ1n) is 17.0. The number of unbranched alkanes of at least 4 members (excludes halogenated alkanes) is 15. The number of rotatable bonds is 30. The molecule has 0 spiro atoms. The SMILES string of the molecule is CC/C=C\C/C=C\C/C=C\CCCCCCCCCCCC(=O)OC(CCCCCCCC)CCCCC(=O)O. The lowest BCUT2D eigenvalue weighted by molar-refractivity contribution is -0.150. The first-order valence-corrected chi connectivity index (χ1v) is 17.0. The molecule has 0 aliphatic rings. The van der Waals surface area contributed by atoms with Crippen LogP contribution in [0, 0.1) is 0 Å². The summed E-state index contributed by atoms with van der Waals surface area (Å²) in [5, 5.41) is 8.86. The Morgan fingerprint density at radius 1 is 0.575 bits per heavy atom. The van der Waals surface area contributed by atoms with Gasteiger partial charge < -0.3 is 9.84 Å². The summed E-state index contributed by atoms with van der Waals surface area (Å²) in [5.74, 6) is -0.814. The van der Waals surface area contributed by atoms with Gasteiger partial charge in [-0.05, 0) is 70.6 Å². The fourth-order valence-electron chi connectivity index (χ4n) is 4.90. The van der Waals surface area contributed by atoms with Gasteiger partial charge >= 0.3 is 11.9 Å². The number of carboxylic acid groups (broad SMARTS) is 1. The van der Waals surface area contributed by atoms with E-state index < -0.39 is 5.97 Å². The molecule has 0 radical (unpaired) electrons. The van der Waals surface area contributed by atoms with E-state index in [0.29, 0.717) is 12.8 Å². The molecule has 0 saturated carbocycles. The zero-order valence-electron chi connectivity index (χ0n) is 26.4. The molecule has 0 fully saturated rings. The smallest absolute Gasteiger partial charge is 0.306 e. The molecule has 232 valence electrons. The van der Waals surface area contributed by atoms with E-state index in [4.69, 9.17) is 9.84 Å². The lowest BCUT2D eigenvalue weighted by Gasteiger charge is -2.18. The number of carbonyl (C=O) groups is 2. The van der Waals surface area contributed by atoms with Gasteiger partial charge in [-0.2, -0.15) is 0 Å². The molecule has 0 heterocycles. The minimum absolute atomic E-state index is 0.0437. The molecule has 0 aromatic carbocycles. The molecule has 1 N–H and O–H groups in total. The van der Waals surface area contributed by atoms with Gasteiger partial charge in [0.25, 0.3) is 0 Å². The Kier molecular flexibility index (Phi) is 30.2. The van der Waals surface area contributed by atoms with Crippen LogP contribution in [-0.2, 0) is 14.3 Å². The number of carboxylic acids is 1.